The monoisotopic (exact) mass is 378 g/mol. The molecule has 2 amide bonds. The second-order valence-electron chi connectivity index (χ2n) is 5.90. The van der Waals surface area contributed by atoms with E-state index in [1.54, 1.807) is 55.5 Å². The minimum absolute atomic E-state index is 0.0952. The third-order valence-corrected chi connectivity index (χ3v) is 3.94. The number of hydrogen-bond acceptors (Lipinski definition) is 5. The molecule has 1 heterocycles. The fourth-order valence-electron chi connectivity index (χ4n) is 2.46. The summed E-state index contributed by atoms with van der Waals surface area (Å²) in [5.74, 6) is -0.227. The zero-order valence-corrected chi connectivity index (χ0v) is 15.1. The second-order valence-corrected chi connectivity index (χ2v) is 5.90. The van der Waals surface area contributed by atoms with Crippen LogP contribution in [0.4, 0.5) is 0 Å². The molecule has 0 bridgehead atoms. The summed E-state index contributed by atoms with van der Waals surface area (Å²) in [6, 6.07) is 16.9. The topological polar surface area (TPSA) is 97.6 Å². The minimum atomic E-state index is -0.529. The van der Waals surface area contributed by atoms with E-state index in [1.165, 1.54) is 12.3 Å². The molecular weight excluding hydrogens is 360 g/mol. The van der Waals surface area contributed by atoms with Crippen LogP contribution in [0.1, 0.15) is 32.0 Å². The Bertz CT molecular complexity index is 978. The van der Waals surface area contributed by atoms with E-state index in [4.69, 9.17) is 9.15 Å². The molecule has 3 aromatic rings. The third kappa shape index (κ3) is 4.64. The summed E-state index contributed by atoms with van der Waals surface area (Å²) in [6.45, 7) is 1.35. The maximum Gasteiger partial charge on any atom is 0.276 e. The Morgan fingerprint density at radius 1 is 0.893 bits per heavy atom. The first kappa shape index (κ1) is 18.9. The highest BCUT2D eigenvalue weighted by molar-refractivity contribution is 6.09. The lowest BCUT2D eigenvalue weighted by Crippen LogP contribution is -2.43. The summed E-state index contributed by atoms with van der Waals surface area (Å²) < 4.78 is 10.4. The molecule has 2 aromatic carbocycles. The smallest absolute Gasteiger partial charge is 0.276 e. The van der Waals surface area contributed by atoms with Crippen molar-refractivity contribution >= 4 is 17.6 Å². The molecule has 7 heteroatoms. The van der Waals surface area contributed by atoms with Crippen molar-refractivity contribution in [2.45, 2.75) is 6.92 Å². The number of aryl methyl sites for hydroxylation is 1. The van der Waals surface area contributed by atoms with E-state index >= 15 is 0 Å². The highest BCUT2D eigenvalue weighted by Gasteiger charge is 2.13. The summed E-state index contributed by atoms with van der Waals surface area (Å²) in [5, 5.41) is 0. The van der Waals surface area contributed by atoms with E-state index in [9.17, 15) is 14.4 Å². The van der Waals surface area contributed by atoms with Crippen LogP contribution in [-0.4, -0.2) is 24.2 Å². The molecule has 0 radical (unpaired) electrons. The molecule has 142 valence electrons. The first-order valence-corrected chi connectivity index (χ1v) is 8.50. The highest BCUT2D eigenvalue weighted by atomic mass is 16.5. The van der Waals surface area contributed by atoms with Crippen LogP contribution in [0.15, 0.2) is 71.3 Å². The molecule has 0 aliphatic heterocycles. The fraction of sp³-hybridized carbons (Fsp3) is 0.0952. The van der Waals surface area contributed by atoms with Gasteiger partial charge in [0.15, 0.2) is 12.4 Å². The van der Waals surface area contributed by atoms with Crippen molar-refractivity contribution in [2.24, 2.45) is 0 Å². The van der Waals surface area contributed by atoms with E-state index < -0.39 is 11.8 Å². The maximum absolute atomic E-state index is 12.3. The van der Waals surface area contributed by atoms with Crippen molar-refractivity contribution in [1.82, 2.24) is 10.9 Å². The fourth-order valence-corrected chi connectivity index (χ4v) is 2.46. The summed E-state index contributed by atoms with van der Waals surface area (Å²) in [5.41, 5.74) is 5.99. The molecule has 0 aliphatic rings. The summed E-state index contributed by atoms with van der Waals surface area (Å²) in [6.07, 6.45) is 1.39. The normalized spacial score (nSPS) is 10.2. The van der Waals surface area contributed by atoms with Gasteiger partial charge in [-0.1, -0.05) is 30.3 Å². The highest BCUT2D eigenvalue weighted by Crippen LogP contribution is 2.15. The number of nitrogens with one attached hydrogen (secondary N) is 2. The van der Waals surface area contributed by atoms with Crippen LogP contribution in [0.2, 0.25) is 0 Å². The molecule has 3 rings (SSSR count). The molecule has 0 fully saturated rings. The lowest BCUT2D eigenvalue weighted by atomic mass is 10.0. The van der Waals surface area contributed by atoms with Gasteiger partial charge in [-0.05, 0) is 37.3 Å². The van der Waals surface area contributed by atoms with Crippen LogP contribution in [0.25, 0.3) is 0 Å². The number of ether oxygens (including phenoxy) is 1. The van der Waals surface area contributed by atoms with Gasteiger partial charge in [-0.2, -0.15) is 0 Å². The molecule has 1 aromatic heterocycles. The van der Waals surface area contributed by atoms with E-state index in [0.29, 0.717) is 28.2 Å². The molecule has 7 nitrogen and oxygen atoms in total. The molecule has 2 N–H and O–H groups in total. The molecule has 0 spiro atoms. The summed E-state index contributed by atoms with van der Waals surface area (Å²) >= 11 is 0. The summed E-state index contributed by atoms with van der Waals surface area (Å²) in [4.78, 5) is 36.0. The molecule has 0 atom stereocenters. The van der Waals surface area contributed by atoms with Crippen LogP contribution in [0.5, 0.6) is 5.75 Å². The third-order valence-electron chi connectivity index (χ3n) is 3.94. The van der Waals surface area contributed by atoms with Crippen LogP contribution < -0.4 is 15.6 Å². The largest absolute Gasteiger partial charge is 0.484 e. The standard InChI is InChI=1S/C21H18N2O5/c1-14-18(11-12-27-14)21(26)23-22-19(24)13-28-17-9-7-16(8-10-17)20(25)15-5-3-2-4-6-15/h2-12H,13H2,1H3,(H,22,24)(H,23,26). The van der Waals surface area contributed by atoms with Gasteiger partial charge in [-0.15, -0.1) is 0 Å². The van der Waals surface area contributed by atoms with Gasteiger partial charge >= 0.3 is 0 Å². The Hall–Kier alpha value is -3.87. The zero-order chi connectivity index (χ0) is 19.9. The van der Waals surface area contributed by atoms with Crippen molar-refractivity contribution in [3.8, 4) is 5.75 Å². The number of carbonyl (C=O) groups excluding carboxylic acids is 3. The van der Waals surface area contributed by atoms with Gasteiger partial charge in [0.2, 0.25) is 0 Å². The van der Waals surface area contributed by atoms with E-state index in [1.807, 2.05) is 6.07 Å². The molecule has 0 saturated heterocycles. The van der Waals surface area contributed by atoms with Crippen molar-refractivity contribution in [1.29, 1.82) is 0 Å². The predicted molar refractivity (Wildman–Crippen MR) is 101 cm³/mol. The first-order valence-electron chi connectivity index (χ1n) is 8.50. The number of furan rings is 1. The number of ketones is 1. The van der Waals surface area contributed by atoms with Gasteiger partial charge in [0.05, 0.1) is 11.8 Å². The van der Waals surface area contributed by atoms with Crippen LogP contribution >= 0.6 is 0 Å². The SMILES string of the molecule is Cc1occc1C(=O)NNC(=O)COc1ccc(C(=O)c2ccccc2)cc1. The van der Waals surface area contributed by atoms with Crippen LogP contribution in [0.3, 0.4) is 0 Å². The van der Waals surface area contributed by atoms with Gasteiger partial charge in [0.1, 0.15) is 11.5 Å². The average Bonchev–Trinajstić information content (AvgIpc) is 3.17. The number of carbonyl (C=O) groups is 3. The van der Waals surface area contributed by atoms with E-state index in [2.05, 4.69) is 10.9 Å². The quantitative estimate of drug-likeness (QED) is 0.508. The van der Waals surface area contributed by atoms with Crippen molar-refractivity contribution in [3.63, 3.8) is 0 Å². The number of hydrogen-bond donors (Lipinski definition) is 2. The molecule has 28 heavy (non-hydrogen) atoms. The Kier molecular flexibility index (Phi) is 5.86. The van der Waals surface area contributed by atoms with Crippen LogP contribution in [-0.2, 0) is 4.79 Å². The van der Waals surface area contributed by atoms with Gasteiger partial charge < -0.3 is 9.15 Å². The average molecular weight is 378 g/mol. The van der Waals surface area contributed by atoms with Gasteiger partial charge in [-0.25, -0.2) is 0 Å². The predicted octanol–water partition coefficient (Wildman–Crippen LogP) is 2.66. The first-order chi connectivity index (χ1) is 13.5. The molecule has 0 saturated carbocycles. The number of hydrazine groups is 1. The Balaban J connectivity index is 1.48. The minimum Gasteiger partial charge on any atom is -0.484 e. The Labute approximate surface area is 161 Å². The van der Waals surface area contributed by atoms with Gasteiger partial charge in [0, 0.05) is 11.1 Å². The molecule has 0 aliphatic carbocycles. The molecule has 0 unspecified atom stereocenters. The number of rotatable bonds is 6. The zero-order valence-electron chi connectivity index (χ0n) is 15.1. The Morgan fingerprint density at radius 3 is 2.21 bits per heavy atom. The second kappa shape index (κ2) is 8.68. The number of benzene rings is 2. The van der Waals surface area contributed by atoms with Crippen molar-refractivity contribution in [3.05, 3.63) is 89.4 Å². The molecular formula is C21H18N2O5. The van der Waals surface area contributed by atoms with E-state index in [0.717, 1.165) is 0 Å². The maximum atomic E-state index is 12.3. The van der Waals surface area contributed by atoms with Crippen molar-refractivity contribution in [2.75, 3.05) is 6.61 Å². The lowest BCUT2D eigenvalue weighted by molar-refractivity contribution is -0.123. The van der Waals surface area contributed by atoms with E-state index in [-0.39, 0.29) is 12.4 Å². The van der Waals surface area contributed by atoms with Crippen molar-refractivity contribution < 1.29 is 23.5 Å². The van der Waals surface area contributed by atoms with Gasteiger partial charge in [-0.3, -0.25) is 25.2 Å². The Morgan fingerprint density at radius 2 is 1.57 bits per heavy atom. The number of amides is 2. The van der Waals surface area contributed by atoms with Crippen LogP contribution in [0, 0.1) is 6.92 Å². The summed E-state index contributed by atoms with van der Waals surface area (Å²) in [7, 11) is 0. The lowest BCUT2D eigenvalue weighted by Gasteiger charge is -2.09. The van der Waals surface area contributed by atoms with Gasteiger partial charge in [0.25, 0.3) is 11.8 Å².